The molecule has 1 atom stereocenters. The SMILES string of the molecule is CCOC(=S)SC(C)(CC#N)CCC(=O)c1ccccc1. The predicted octanol–water partition coefficient (Wildman–Crippen LogP) is 4.38. The van der Waals surface area contributed by atoms with Crippen LogP contribution in [0.2, 0.25) is 0 Å². The molecular weight excluding hydrogens is 302 g/mol. The van der Waals surface area contributed by atoms with Crippen molar-refractivity contribution in [2.24, 2.45) is 0 Å². The molecule has 0 heterocycles. The van der Waals surface area contributed by atoms with Crippen molar-refractivity contribution in [1.29, 1.82) is 5.26 Å². The van der Waals surface area contributed by atoms with Crippen LogP contribution in [-0.2, 0) is 4.74 Å². The van der Waals surface area contributed by atoms with Crippen LogP contribution in [0.4, 0.5) is 0 Å². The maximum Gasteiger partial charge on any atom is 0.220 e. The minimum Gasteiger partial charge on any atom is -0.479 e. The van der Waals surface area contributed by atoms with Crippen LogP contribution >= 0.6 is 24.0 Å². The molecule has 21 heavy (non-hydrogen) atoms. The first-order valence-corrected chi connectivity index (χ1v) is 8.04. The van der Waals surface area contributed by atoms with E-state index in [1.54, 1.807) is 0 Å². The van der Waals surface area contributed by atoms with E-state index in [4.69, 9.17) is 22.2 Å². The second-order valence-electron chi connectivity index (χ2n) is 4.86. The molecule has 0 amide bonds. The number of hydrogen-bond donors (Lipinski definition) is 0. The van der Waals surface area contributed by atoms with Crippen molar-refractivity contribution < 1.29 is 9.53 Å². The number of Topliss-reactive ketones (excluding diaryl/α,β-unsaturated/α-hetero) is 1. The summed E-state index contributed by atoms with van der Waals surface area (Å²) in [6.07, 6.45) is 1.31. The van der Waals surface area contributed by atoms with Crippen LogP contribution in [0.5, 0.6) is 0 Å². The standard InChI is InChI=1S/C16H19NO2S2/c1-3-19-15(20)21-16(2,11-12-17)10-9-14(18)13-7-5-4-6-8-13/h4-8H,3,9-11H2,1-2H3. The maximum atomic E-state index is 12.2. The molecule has 5 heteroatoms. The van der Waals surface area contributed by atoms with Crippen molar-refractivity contribution >= 4 is 34.1 Å². The first-order chi connectivity index (χ1) is 10.0. The summed E-state index contributed by atoms with van der Waals surface area (Å²) in [6.45, 7) is 4.33. The van der Waals surface area contributed by atoms with E-state index in [-0.39, 0.29) is 5.78 Å². The van der Waals surface area contributed by atoms with Crippen LogP contribution in [0.15, 0.2) is 30.3 Å². The lowest BCUT2D eigenvalue weighted by Gasteiger charge is -2.25. The van der Waals surface area contributed by atoms with Gasteiger partial charge < -0.3 is 4.74 Å². The Bertz CT molecular complexity index is 525. The quantitative estimate of drug-likeness (QED) is 0.551. The third kappa shape index (κ3) is 6.28. The Balaban J connectivity index is 2.64. The molecule has 1 aromatic rings. The monoisotopic (exact) mass is 321 g/mol. The Kier molecular flexibility index (Phi) is 7.41. The summed E-state index contributed by atoms with van der Waals surface area (Å²) >= 11 is 6.50. The number of ether oxygens (including phenoxy) is 1. The molecule has 0 spiro atoms. The van der Waals surface area contributed by atoms with Crippen molar-refractivity contribution in [3.8, 4) is 6.07 Å². The highest BCUT2D eigenvalue weighted by atomic mass is 32.2. The summed E-state index contributed by atoms with van der Waals surface area (Å²) in [6, 6.07) is 11.4. The molecule has 0 aliphatic carbocycles. The number of nitriles is 1. The number of nitrogens with zero attached hydrogens (tertiary/aromatic N) is 1. The van der Waals surface area contributed by atoms with E-state index >= 15 is 0 Å². The van der Waals surface area contributed by atoms with E-state index in [1.165, 1.54) is 11.8 Å². The fourth-order valence-corrected chi connectivity index (χ4v) is 3.48. The number of hydrogen-bond acceptors (Lipinski definition) is 5. The number of ketones is 1. The minimum atomic E-state index is -0.397. The molecule has 0 bridgehead atoms. The summed E-state index contributed by atoms with van der Waals surface area (Å²) in [7, 11) is 0. The molecule has 1 rings (SSSR count). The topological polar surface area (TPSA) is 50.1 Å². The molecule has 0 aromatic heterocycles. The second kappa shape index (κ2) is 8.81. The summed E-state index contributed by atoms with van der Waals surface area (Å²) in [5.41, 5.74) is 0.703. The normalized spacial score (nSPS) is 13.0. The van der Waals surface area contributed by atoms with E-state index in [0.29, 0.717) is 35.8 Å². The molecule has 0 fully saturated rings. The number of carbonyl (C=O) groups excluding carboxylic acids is 1. The van der Waals surface area contributed by atoms with Crippen LogP contribution < -0.4 is 0 Å². The number of benzene rings is 1. The van der Waals surface area contributed by atoms with Gasteiger partial charge in [0.05, 0.1) is 19.1 Å². The third-order valence-corrected chi connectivity index (χ3v) is 4.52. The lowest BCUT2D eigenvalue weighted by atomic mass is 9.97. The van der Waals surface area contributed by atoms with E-state index in [9.17, 15) is 4.79 Å². The molecule has 1 aromatic carbocycles. The van der Waals surface area contributed by atoms with Crippen molar-refractivity contribution in [3.63, 3.8) is 0 Å². The predicted molar refractivity (Wildman–Crippen MR) is 90.5 cm³/mol. The number of thiocarbonyl (C=S) groups is 1. The van der Waals surface area contributed by atoms with Gasteiger partial charge in [0.15, 0.2) is 5.78 Å². The first-order valence-electron chi connectivity index (χ1n) is 6.81. The van der Waals surface area contributed by atoms with Crippen molar-refractivity contribution in [1.82, 2.24) is 0 Å². The molecule has 0 saturated carbocycles. The summed E-state index contributed by atoms with van der Waals surface area (Å²) in [5.74, 6) is 0.0858. The molecule has 3 nitrogen and oxygen atoms in total. The Morgan fingerprint density at radius 3 is 2.67 bits per heavy atom. The lowest BCUT2D eigenvalue weighted by Crippen LogP contribution is -2.23. The van der Waals surface area contributed by atoms with E-state index < -0.39 is 4.75 Å². The van der Waals surface area contributed by atoms with Crippen LogP contribution in [0, 0.1) is 11.3 Å². The number of thioether (sulfide) groups is 1. The van der Waals surface area contributed by atoms with Gasteiger partial charge >= 0.3 is 0 Å². The van der Waals surface area contributed by atoms with Gasteiger partial charge in [-0.1, -0.05) is 42.1 Å². The maximum absolute atomic E-state index is 12.2. The first kappa shape index (κ1) is 17.7. The van der Waals surface area contributed by atoms with Crippen LogP contribution in [-0.4, -0.2) is 21.5 Å². The summed E-state index contributed by atoms with van der Waals surface area (Å²) < 4.78 is 5.31. The zero-order valence-corrected chi connectivity index (χ0v) is 13.9. The molecule has 0 aliphatic heterocycles. The fraction of sp³-hybridized carbons (Fsp3) is 0.438. The highest BCUT2D eigenvalue weighted by Gasteiger charge is 2.28. The smallest absolute Gasteiger partial charge is 0.220 e. The molecular formula is C16H19NO2S2. The molecule has 112 valence electrons. The van der Waals surface area contributed by atoms with Crippen molar-refractivity contribution in [2.45, 2.75) is 37.9 Å². The lowest BCUT2D eigenvalue weighted by molar-refractivity contribution is 0.0976. The highest BCUT2D eigenvalue weighted by molar-refractivity contribution is 8.23. The Morgan fingerprint density at radius 2 is 2.10 bits per heavy atom. The zero-order valence-electron chi connectivity index (χ0n) is 12.3. The second-order valence-corrected chi connectivity index (χ2v) is 7.05. The van der Waals surface area contributed by atoms with E-state index in [0.717, 1.165) is 0 Å². The van der Waals surface area contributed by atoms with Gasteiger partial charge in [-0.25, -0.2) is 0 Å². The fourth-order valence-electron chi connectivity index (χ4n) is 1.84. The molecule has 0 aliphatic rings. The Labute approximate surface area is 135 Å². The summed E-state index contributed by atoms with van der Waals surface area (Å²) in [5, 5.41) is 8.99. The zero-order chi connectivity index (χ0) is 15.7. The van der Waals surface area contributed by atoms with Crippen LogP contribution in [0.1, 0.15) is 43.5 Å². The minimum absolute atomic E-state index is 0.0858. The Morgan fingerprint density at radius 1 is 1.43 bits per heavy atom. The molecule has 1 unspecified atom stereocenters. The Hall–Kier alpha value is -1.38. The average molecular weight is 321 g/mol. The van der Waals surface area contributed by atoms with Crippen molar-refractivity contribution in [2.75, 3.05) is 6.61 Å². The van der Waals surface area contributed by atoms with Crippen LogP contribution in [0.25, 0.3) is 0 Å². The number of carbonyl (C=O) groups is 1. The van der Waals surface area contributed by atoms with Gasteiger partial charge in [0.1, 0.15) is 0 Å². The van der Waals surface area contributed by atoms with Crippen LogP contribution in [0.3, 0.4) is 0 Å². The van der Waals surface area contributed by atoms with Gasteiger partial charge in [-0.3, -0.25) is 4.79 Å². The molecule has 0 saturated heterocycles. The molecule has 0 radical (unpaired) electrons. The average Bonchev–Trinajstić information content (AvgIpc) is 2.46. The summed E-state index contributed by atoms with van der Waals surface area (Å²) in [4.78, 5) is 12.2. The highest BCUT2D eigenvalue weighted by Crippen LogP contribution is 2.35. The van der Waals surface area contributed by atoms with Gasteiger partial charge in [0.25, 0.3) is 0 Å². The largest absolute Gasteiger partial charge is 0.479 e. The third-order valence-electron chi connectivity index (χ3n) is 3.02. The molecule has 0 N–H and O–H groups in total. The van der Waals surface area contributed by atoms with E-state index in [2.05, 4.69) is 6.07 Å². The van der Waals surface area contributed by atoms with Gasteiger partial charge in [-0.05, 0) is 32.5 Å². The van der Waals surface area contributed by atoms with Gasteiger partial charge in [-0.2, -0.15) is 5.26 Å². The van der Waals surface area contributed by atoms with Crippen molar-refractivity contribution in [3.05, 3.63) is 35.9 Å². The number of rotatable bonds is 7. The van der Waals surface area contributed by atoms with Gasteiger partial charge in [0.2, 0.25) is 4.38 Å². The van der Waals surface area contributed by atoms with Gasteiger partial charge in [0, 0.05) is 16.7 Å². The van der Waals surface area contributed by atoms with E-state index in [1.807, 2.05) is 44.2 Å². The van der Waals surface area contributed by atoms with Gasteiger partial charge in [-0.15, -0.1) is 0 Å².